The van der Waals surface area contributed by atoms with E-state index in [-0.39, 0.29) is 6.54 Å². The highest BCUT2D eigenvalue weighted by Crippen LogP contribution is 2.29. The van der Waals surface area contributed by atoms with Gasteiger partial charge in [-0.1, -0.05) is 24.3 Å². The van der Waals surface area contributed by atoms with Crippen LogP contribution in [0.4, 0.5) is 23.7 Å². The molecule has 2 amide bonds. The fourth-order valence-electron chi connectivity index (χ4n) is 2.53. The van der Waals surface area contributed by atoms with Crippen molar-refractivity contribution in [2.75, 3.05) is 12.4 Å². The minimum absolute atomic E-state index is 0.0980. The van der Waals surface area contributed by atoms with Crippen LogP contribution in [-0.2, 0) is 12.7 Å². The van der Waals surface area contributed by atoms with Gasteiger partial charge in [0, 0.05) is 24.2 Å². The minimum atomic E-state index is -4.38. The van der Waals surface area contributed by atoms with E-state index in [1.165, 1.54) is 19.2 Å². The molecule has 0 saturated heterocycles. The van der Waals surface area contributed by atoms with Crippen LogP contribution in [0.5, 0.6) is 5.88 Å². The summed E-state index contributed by atoms with van der Waals surface area (Å²) in [6.45, 7) is 0.0980. The molecule has 0 aliphatic carbocycles. The quantitative estimate of drug-likeness (QED) is 0.701. The molecule has 0 radical (unpaired) electrons. The van der Waals surface area contributed by atoms with E-state index < -0.39 is 17.8 Å². The molecule has 0 atom stereocenters. The Morgan fingerprint density at radius 3 is 2.56 bits per heavy atom. The summed E-state index contributed by atoms with van der Waals surface area (Å²) in [4.78, 5) is 16.3. The highest BCUT2D eigenvalue weighted by atomic mass is 19.4. The number of pyridine rings is 1. The molecule has 0 aliphatic heterocycles. The molecule has 0 spiro atoms. The number of carbonyl (C=O) groups excluding carboxylic acids is 1. The number of halogens is 3. The van der Waals surface area contributed by atoms with E-state index in [1.54, 1.807) is 24.4 Å². The Balaban J connectivity index is 1.65. The first-order chi connectivity index (χ1) is 12.9. The van der Waals surface area contributed by atoms with Crippen molar-refractivity contribution in [2.24, 2.45) is 0 Å². The number of aromatic nitrogens is 1. The first-order valence-corrected chi connectivity index (χ1v) is 8.00. The number of ether oxygens (including phenoxy) is 1. The van der Waals surface area contributed by atoms with Gasteiger partial charge in [0.2, 0.25) is 5.88 Å². The number of benzene rings is 2. The number of amides is 2. The topological polar surface area (TPSA) is 63.2 Å². The third-order valence-electron chi connectivity index (χ3n) is 3.93. The summed E-state index contributed by atoms with van der Waals surface area (Å²) >= 11 is 0. The van der Waals surface area contributed by atoms with Crippen LogP contribution in [-0.4, -0.2) is 18.1 Å². The molecule has 0 bridgehead atoms. The Morgan fingerprint density at radius 2 is 1.89 bits per heavy atom. The Bertz CT molecular complexity index is 957. The van der Waals surface area contributed by atoms with E-state index in [1.807, 2.05) is 6.07 Å². The zero-order valence-electron chi connectivity index (χ0n) is 14.3. The number of fused-ring (bicyclic) bond motifs is 1. The SMILES string of the molecule is COc1cc2cccc(NC(=O)NCc3ccc(C(F)(F)F)cc3)c2cn1. The zero-order chi connectivity index (χ0) is 19.4. The van der Waals surface area contributed by atoms with Gasteiger partial charge >= 0.3 is 12.2 Å². The number of nitrogens with zero attached hydrogens (tertiary/aromatic N) is 1. The minimum Gasteiger partial charge on any atom is -0.481 e. The molecule has 140 valence electrons. The molecule has 0 saturated carbocycles. The number of alkyl halides is 3. The number of methoxy groups -OCH3 is 1. The Hall–Kier alpha value is -3.29. The van der Waals surface area contributed by atoms with Crippen LogP contribution in [0.15, 0.2) is 54.7 Å². The Labute approximate surface area is 153 Å². The van der Waals surface area contributed by atoms with Crippen LogP contribution in [0.2, 0.25) is 0 Å². The molecule has 2 N–H and O–H groups in total. The van der Waals surface area contributed by atoms with Gasteiger partial charge in [-0.05, 0) is 29.1 Å². The lowest BCUT2D eigenvalue weighted by atomic mass is 10.1. The smallest absolute Gasteiger partial charge is 0.416 e. The summed E-state index contributed by atoms with van der Waals surface area (Å²) in [5.74, 6) is 0.464. The largest absolute Gasteiger partial charge is 0.481 e. The van der Waals surface area contributed by atoms with Crippen LogP contribution in [0.1, 0.15) is 11.1 Å². The normalized spacial score (nSPS) is 11.3. The average molecular weight is 375 g/mol. The summed E-state index contributed by atoms with van der Waals surface area (Å²) in [7, 11) is 1.52. The van der Waals surface area contributed by atoms with E-state index >= 15 is 0 Å². The third kappa shape index (κ3) is 4.46. The van der Waals surface area contributed by atoms with Gasteiger partial charge in [0.1, 0.15) is 0 Å². The number of nitrogens with one attached hydrogen (secondary N) is 2. The molecule has 3 rings (SSSR count). The van der Waals surface area contributed by atoms with Crippen molar-refractivity contribution in [3.63, 3.8) is 0 Å². The van der Waals surface area contributed by atoms with E-state index in [0.717, 1.165) is 22.9 Å². The summed E-state index contributed by atoms with van der Waals surface area (Å²) in [5.41, 5.74) is 0.393. The average Bonchev–Trinajstić information content (AvgIpc) is 2.66. The highest BCUT2D eigenvalue weighted by molar-refractivity contribution is 6.01. The fourth-order valence-corrected chi connectivity index (χ4v) is 2.53. The van der Waals surface area contributed by atoms with Gasteiger partial charge in [-0.2, -0.15) is 13.2 Å². The standard InChI is InChI=1S/C19H16F3N3O2/c1-27-17-9-13-3-2-4-16(15(13)11-23-17)25-18(26)24-10-12-5-7-14(8-6-12)19(20,21)22/h2-9,11H,10H2,1H3,(H2,24,25,26). The van der Waals surface area contributed by atoms with Crippen molar-refractivity contribution in [1.82, 2.24) is 10.3 Å². The lowest BCUT2D eigenvalue weighted by Crippen LogP contribution is -2.28. The monoisotopic (exact) mass is 375 g/mol. The predicted octanol–water partition coefficient (Wildman–Crippen LogP) is 4.58. The Morgan fingerprint density at radius 1 is 1.15 bits per heavy atom. The third-order valence-corrected chi connectivity index (χ3v) is 3.93. The van der Waals surface area contributed by atoms with Crippen LogP contribution in [0, 0.1) is 0 Å². The van der Waals surface area contributed by atoms with Gasteiger partial charge in [0.15, 0.2) is 0 Å². The van der Waals surface area contributed by atoms with E-state index in [2.05, 4.69) is 15.6 Å². The van der Waals surface area contributed by atoms with Gasteiger partial charge in [0.25, 0.3) is 0 Å². The van der Waals surface area contributed by atoms with Crippen molar-refractivity contribution in [2.45, 2.75) is 12.7 Å². The van der Waals surface area contributed by atoms with E-state index in [4.69, 9.17) is 4.74 Å². The number of anilines is 1. The highest BCUT2D eigenvalue weighted by Gasteiger charge is 2.29. The number of hydrogen-bond donors (Lipinski definition) is 2. The zero-order valence-corrected chi connectivity index (χ0v) is 14.3. The summed E-state index contributed by atoms with van der Waals surface area (Å²) in [5, 5.41) is 6.92. The fraction of sp³-hybridized carbons (Fsp3) is 0.158. The molecule has 3 aromatic rings. The Kier molecular flexibility index (Phi) is 5.16. The lowest BCUT2D eigenvalue weighted by Gasteiger charge is -2.11. The second-order valence-corrected chi connectivity index (χ2v) is 5.76. The molecule has 0 unspecified atom stereocenters. The maximum atomic E-state index is 12.6. The molecule has 0 aliphatic rings. The first-order valence-electron chi connectivity index (χ1n) is 8.00. The maximum Gasteiger partial charge on any atom is 0.416 e. The lowest BCUT2D eigenvalue weighted by molar-refractivity contribution is -0.137. The molecular formula is C19H16F3N3O2. The number of hydrogen-bond acceptors (Lipinski definition) is 3. The molecular weight excluding hydrogens is 359 g/mol. The van der Waals surface area contributed by atoms with Gasteiger partial charge in [-0.25, -0.2) is 9.78 Å². The molecule has 0 fully saturated rings. The molecule has 27 heavy (non-hydrogen) atoms. The van der Waals surface area contributed by atoms with Crippen LogP contribution in [0.25, 0.3) is 10.8 Å². The maximum absolute atomic E-state index is 12.6. The molecule has 5 nitrogen and oxygen atoms in total. The number of urea groups is 1. The predicted molar refractivity (Wildman–Crippen MR) is 95.6 cm³/mol. The summed E-state index contributed by atoms with van der Waals surface area (Å²) in [6.07, 6.45) is -2.78. The van der Waals surface area contributed by atoms with Gasteiger partial charge in [-0.3, -0.25) is 0 Å². The number of carbonyl (C=O) groups is 1. The summed E-state index contributed by atoms with van der Waals surface area (Å²) < 4.78 is 42.8. The first kappa shape index (κ1) is 18.5. The van der Waals surface area contributed by atoms with Crippen molar-refractivity contribution < 1.29 is 22.7 Å². The molecule has 2 aromatic carbocycles. The molecule has 1 aromatic heterocycles. The van der Waals surface area contributed by atoms with E-state index in [0.29, 0.717) is 17.1 Å². The molecule has 1 heterocycles. The van der Waals surface area contributed by atoms with Crippen molar-refractivity contribution in [1.29, 1.82) is 0 Å². The number of rotatable bonds is 4. The second kappa shape index (κ2) is 7.53. The summed E-state index contributed by atoms with van der Waals surface area (Å²) in [6, 6.07) is 11.3. The van der Waals surface area contributed by atoms with Crippen molar-refractivity contribution >= 4 is 22.5 Å². The van der Waals surface area contributed by atoms with Gasteiger partial charge < -0.3 is 15.4 Å². The van der Waals surface area contributed by atoms with Gasteiger partial charge in [-0.15, -0.1) is 0 Å². The van der Waals surface area contributed by atoms with Crippen LogP contribution in [0.3, 0.4) is 0 Å². The van der Waals surface area contributed by atoms with Crippen molar-refractivity contribution in [3.05, 3.63) is 65.9 Å². The van der Waals surface area contributed by atoms with Crippen molar-refractivity contribution in [3.8, 4) is 5.88 Å². The van der Waals surface area contributed by atoms with Crippen LogP contribution >= 0.6 is 0 Å². The van der Waals surface area contributed by atoms with Crippen LogP contribution < -0.4 is 15.4 Å². The van der Waals surface area contributed by atoms with Gasteiger partial charge in [0.05, 0.1) is 18.4 Å². The molecule has 8 heteroatoms. The van der Waals surface area contributed by atoms with E-state index in [9.17, 15) is 18.0 Å². The second-order valence-electron chi connectivity index (χ2n) is 5.76.